The van der Waals surface area contributed by atoms with Crippen LogP contribution in [0.3, 0.4) is 0 Å². The molecule has 142 valence electrons. The number of hydrogen-bond donors (Lipinski definition) is 1. The fourth-order valence-corrected chi connectivity index (χ4v) is 4.22. The summed E-state index contributed by atoms with van der Waals surface area (Å²) < 4.78 is 5.32. The standard InChI is InChI=1S/C19H27N3O3S/c23-18(20-8-3-9-21-10-13-25-14-11-21)6-7-19(24)22-12-15-26-17-5-2-1-4-16(17)22/h1-2,4-5H,3,6-15H2,(H,20,23). The molecule has 2 amide bonds. The Morgan fingerprint density at radius 2 is 1.92 bits per heavy atom. The van der Waals surface area contributed by atoms with Gasteiger partial charge in [0, 0.05) is 49.7 Å². The molecule has 0 spiro atoms. The van der Waals surface area contributed by atoms with Crippen LogP contribution in [0.15, 0.2) is 29.2 Å². The first kappa shape index (κ1) is 19.2. The molecule has 2 aliphatic heterocycles. The Kier molecular flexibility index (Phi) is 7.34. The number of carbonyl (C=O) groups is 2. The van der Waals surface area contributed by atoms with Gasteiger partial charge >= 0.3 is 0 Å². The van der Waals surface area contributed by atoms with E-state index >= 15 is 0 Å². The molecule has 6 nitrogen and oxygen atoms in total. The minimum absolute atomic E-state index is 0.0289. The molecule has 1 aromatic rings. The number of rotatable bonds is 7. The van der Waals surface area contributed by atoms with Crippen LogP contribution < -0.4 is 10.2 Å². The van der Waals surface area contributed by atoms with Crippen LogP contribution in [0.4, 0.5) is 5.69 Å². The largest absolute Gasteiger partial charge is 0.379 e. The Bertz CT molecular complexity index is 620. The lowest BCUT2D eigenvalue weighted by atomic mass is 10.2. The summed E-state index contributed by atoms with van der Waals surface area (Å²) in [6, 6.07) is 7.96. The van der Waals surface area contributed by atoms with E-state index in [2.05, 4.69) is 10.2 Å². The lowest BCUT2D eigenvalue weighted by Gasteiger charge is -2.29. The van der Waals surface area contributed by atoms with Gasteiger partial charge in [-0.05, 0) is 25.1 Å². The van der Waals surface area contributed by atoms with Crippen LogP contribution in [-0.4, -0.2) is 68.4 Å². The van der Waals surface area contributed by atoms with Crippen molar-refractivity contribution >= 4 is 29.3 Å². The van der Waals surface area contributed by atoms with Crippen LogP contribution in [0, 0.1) is 0 Å². The topological polar surface area (TPSA) is 61.9 Å². The zero-order chi connectivity index (χ0) is 18.2. The minimum atomic E-state index is -0.0417. The zero-order valence-electron chi connectivity index (χ0n) is 15.1. The summed E-state index contributed by atoms with van der Waals surface area (Å²) in [5, 5.41) is 2.93. The highest BCUT2D eigenvalue weighted by Crippen LogP contribution is 2.34. The maximum atomic E-state index is 12.5. The number of nitrogens with zero attached hydrogens (tertiary/aromatic N) is 2. The SMILES string of the molecule is O=C(CCC(=O)N1CCSc2ccccc21)NCCCN1CCOCC1. The molecule has 0 bridgehead atoms. The van der Waals surface area contributed by atoms with E-state index in [-0.39, 0.29) is 24.7 Å². The van der Waals surface area contributed by atoms with E-state index in [1.807, 2.05) is 29.2 Å². The van der Waals surface area contributed by atoms with Crippen molar-refractivity contribution in [2.45, 2.75) is 24.2 Å². The molecule has 7 heteroatoms. The molecule has 2 aliphatic rings. The first-order valence-electron chi connectivity index (χ1n) is 9.33. The molecule has 3 rings (SSSR count). The second-order valence-electron chi connectivity index (χ2n) is 6.52. The van der Waals surface area contributed by atoms with E-state index in [0.29, 0.717) is 13.1 Å². The van der Waals surface area contributed by atoms with Crippen LogP contribution in [0.25, 0.3) is 0 Å². The first-order valence-corrected chi connectivity index (χ1v) is 10.3. The number of fused-ring (bicyclic) bond motifs is 1. The fraction of sp³-hybridized carbons (Fsp3) is 0.579. The summed E-state index contributed by atoms with van der Waals surface area (Å²) in [7, 11) is 0. The molecule has 26 heavy (non-hydrogen) atoms. The summed E-state index contributed by atoms with van der Waals surface area (Å²) in [4.78, 5) is 29.8. The predicted octanol–water partition coefficient (Wildman–Crippen LogP) is 1.74. The van der Waals surface area contributed by atoms with Crippen LogP contribution in [0.5, 0.6) is 0 Å². The molecular weight excluding hydrogens is 350 g/mol. The van der Waals surface area contributed by atoms with E-state index in [4.69, 9.17) is 4.74 Å². The molecule has 0 aromatic heterocycles. The Hall–Kier alpha value is -1.57. The first-order chi connectivity index (χ1) is 12.7. The summed E-state index contributed by atoms with van der Waals surface area (Å²) >= 11 is 1.77. The molecule has 0 radical (unpaired) electrons. The lowest BCUT2D eigenvalue weighted by Crippen LogP contribution is -2.38. The van der Waals surface area contributed by atoms with E-state index in [1.54, 1.807) is 11.8 Å². The van der Waals surface area contributed by atoms with Gasteiger partial charge in [-0.25, -0.2) is 0 Å². The molecule has 2 heterocycles. The predicted molar refractivity (Wildman–Crippen MR) is 104 cm³/mol. The van der Waals surface area contributed by atoms with Crippen molar-refractivity contribution in [3.05, 3.63) is 24.3 Å². The van der Waals surface area contributed by atoms with Crippen molar-refractivity contribution < 1.29 is 14.3 Å². The summed E-state index contributed by atoms with van der Waals surface area (Å²) in [6.45, 7) is 5.88. The molecule has 0 aliphatic carbocycles. The van der Waals surface area contributed by atoms with Crippen molar-refractivity contribution in [1.82, 2.24) is 10.2 Å². The molecule has 1 saturated heterocycles. The average Bonchev–Trinajstić information content (AvgIpc) is 2.70. The highest BCUT2D eigenvalue weighted by molar-refractivity contribution is 7.99. The molecule has 0 atom stereocenters. The van der Waals surface area contributed by atoms with Gasteiger partial charge in [-0.1, -0.05) is 12.1 Å². The smallest absolute Gasteiger partial charge is 0.227 e. The number of anilines is 1. The molecular formula is C19H27N3O3S. The van der Waals surface area contributed by atoms with Crippen molar-refractivity contribution in [1.29, 1.82) is 0 Å². The van der Waals surface area contributed by atoms with Gasteiger partial charge in [-0.15, -0.1) is 11.8 Å². The average molecular weight is 378 g/mol. The number of ether oxygens (including phenoxy) is 1. The lowest BCUT2D eigenvalue weighted by molar-refractivity contribution is -0.125. The van der Waals surface area contributed by atoms with Gasteiger partial charge in [-0.2, -0.15) is 0 Å². The number of thioether (sulfide) groups is 1. The molecule has 1 aromatic carbocycles. The Morgan fingerprint density at radius 3 is 2.77 bits per heavy atom. The number of amides is 2. The van der Waals surface area contributed by atoms with Gasteiger partial charge in [0.1, 0.15) is 0 Å². The highest BCUT2D eigenvalue weighted by atomic mass is 32.2. The number of morpholine rings is 1. The highest BCUT2D eigenvalue weighted by Gasteiger charge is 2.22. The van der Waals surface area contributed by atoms with Gasteiger partial charge in [0.2, 0.25) is 11.8 Å². The second kappa shape index (κ2) is 9.94. The minimum Gasteiger partial charge on any atom is -0.379 e. The maximum Gasteiger partial charge on any atom is 0.227 e. The van der Waals surface area contributed by atoms with Crippen LogP contribution in [0.2, 0.25) is 0 Å². The maximum absolute atomic E-state index is 12.5. The Balaban J connectivity index is 1.35. The molecule has 1 fully saturated rings. The van der Waals surface area contributed by atoms with Crippen molar-refractivity contribution in [2.75, 3.05) is 56.6 Å². The van der Waals surface area contributed by atoms with E-state index < -0.39 is 0 Å². The monoisotopic (exact) mass is 377 g/mol. The Labute approximate surface area is 159 Å². The van der Waals surface area contributed by atoms with Gasteiger partial charge in [0.05, 0.1) is 18.9 Å². The van der Waals surface area contributed by atoms with Crippen molar-refractivity contribution in [3.8, 4) is 0 Å². The van der Waals surface area contributed by atoms with Crippen molar-refractivity contribution in [2.24, 2.45) is 0 Å². The number of hydrogen-bond acceptors (Lipinski definition) is 5. The van der Waals surface area contributed by atoms with Gasteiger partial charge in [-0.3, -0.25) is 14.5 Å². The normalized spacial score (nSPS) is 17.6. The molecule has 0 saturated carbocycles. The zero-order valence-corrected chi connectivity index (χ0v) is 15.9. The summed E-state index contributed by atoms with van der Waals surface area (Å²) in [5.74, 6) is 0.887. The van der Waals surface area contributed by atoms with Gasteiger partial charge in [0.25, 0.3) is 0 Å². The third kappa shape index (κ3) is 5.46. The number of nitrogens with one attached hydrogen (secondary N) is 1. The van der Waals surface area contributed by atoms with Crippen LogP contribution >= 0.6 is 11.8 Å². The number of benzene rings is 1. The Morgan fingerprint density at radius 1 is 1.12 bits per heavy atom. The van der Waals surface area contributed by atoms with Crippen LogP contribution in [0.1, 0.15) is 19.3 Å². The quantitative estimate of drug-likeness (QED) is 0.734. The van der Waals surface area contributed by atoms with Gasteiger partial charge < -0.3 is 15.0 Å². The number of para-hydroxylation sites is 1. The molecule has 1 N–H and O–H groups in total. The number of carbonyl (C=O) groups excluding carboxylic acids is 2. The third-order valence-electron chi connectivity index (χ3n) is 4.67. The summed E-state index contributed by atoms with van der Waals surface area (Å²) in [6.07, 6.45) is 1.44. The molecule has 0 unspecified atom stereocenters. The second-order valence-corrected chi connectivity index (χ2v) is 7.66. The van der Waals surface area contributed by atoms with Crippen LogP contribution in [-0.2, 0) is 14.3 Å². The van der Waals surface area contributed by atoms with E-state index in [0.717, 1.165) is 55.6 Å². The summed E-state index contributed by atoms with van der Waals surface area (Å²) in [5.41, 5.74) is 0.972. The third-order valence-corrected chi connectivity index (χ3v) is 5.72. The fourth-order valence-electron chi connectivity index (χ4n) is 3.23. The van der Waals surface area contributed by atoms with E-state index in [9.17, 15) is 9.59 Å². The van der Waals surface area contributed by atoms with Crippen molar-refractivity contribution in [3.63, 3.8) is 0 Å². The van der Waals surface area contributed by atoms with E-state index in [1.165, 1.54) is 0 Å². The van der Waals surface area contributed by atoms with Gasteiger partial charge in [0.15, 0.2) is 0 Å².